The number of methoxy groups -OCH3 is 1. The Hall–Kier alpha value is -2.90. The summed E-state index contributed by atoms with van der Waals surface area (Å²) in [6, 6.07) is 5.95. The number of nitrogens with zero attached hydrogens (tertiary/aromatic N) is 2. The second-order valence-electron chi connectivity index (χ2n) is 5.29. The first-order valence-corrected chi connectivity index (χ1v) is 7.30. The molecule has 2 atom stereocenters. The molecule has 1 fully saturated rings. The Labute approximate surface area is 138 Å². The Morgan fingerprint density at radius 1 is 1.12 bits per heavy atom. The number of benzene rings is 1. The Morgan fingerprint density at radius 2 is 1.75 bits per heavy atom. The van der Waals surface area contributed by atoms with E-state index in [9.17, 15) is 19.2 Å². The maximum atomic E-state index is 12.4. The fourth-order valence-electron chi connectivity index (χ4n) is 2.55. The number of ether oxygens (including phenoxy) is 2. The molecule has 1 saturated heterocycles. The van der Waals surface area contributed by atoms with Crippen LogP contribution in [0.4, 0.5) is 9.59 Å². The summed E-state index contributed by atoms with van der Waals surface area (Å²) in [6.45, 7) is 2.59. The monoisotopic (exact) mass is 334 g/mol. The third-order valence-corrected chi connectivity index (χ3v) is 3.74. The lowest BCUT2D eigenvalue weighted by molar-refractivity contribution is -0.149. The van der Waals surface area contributed by atoms with Crippen LogP contribution >= 0.6 is 0 Å². The lowest BCUT2D eigenvalue weighted by Gasteiger charge is -2.20. The lowest BCUT2D eigenvalue weighted by Crippen LogP contribution is -2.45. The topological polar surface area (TPSA) is 93.2 Å². The molecule has 1 aromatic rings. The average Bonchev–Trinajstić information content (AvgIpc) is 2.83. The molecular weight excluding hydrogens is 316 g/mol. The summed E-state index contributed by atoms with van der Waals surface area (Å²) >= 11 is 0. The van der Waals surface area contributed by atoms with Crippen molar-refractivity contribution in [3.63, 3.8) is 0 Å². The summed E-state index contributed by atoms with van der Waals surface area (Å²) in [5.41, 5.74) is 0.748. The van der Waals surface area contributed by atoms with Gasteiger partial charge in [-0.05, 0) is 12.5 Å². The molecule has 24 heavy (non-hydrogen) atoms. The van der Waals surface area contributed by atoms with Crippen LogP contribution in [-0.2, 0) is 25.7 Å². The van der Waals surface area contributed by atoms with Crippen molar-refractivity contribution in [1.29, 1.82) is 0 Å². The van der Waals surface area contributed by atoms with Crippen molar-refractivity contribution >= 4 is 24.0 Å². The molecular formula is C16H18N2O6. The summed E-state index contributed by atoms with van der Waals surface area (Å²) in [7, 11) is 1.15. The number of hydrogen-bond donors (Lipinski definition) is 0. The predicted octanol–water partition coefficient (Wildman–Crippen LogP) is 1.54. The Kier molecular flexibility index (Phi) is 5.18. The molecule has 0 aliphatic carbocycles. The van der Waals surface area contributed by atoms with E-state index in [0.717, 1.165) is 24.5 Å². The molecule has 0 aromatic heterocycles. The molecule has 0 radical (unpaired) electrons. The van der Waals surface area contributed by atoms with Crippen molar-refractivity contribution < 1.29 is 28.7 Å². The highest BCUT2D eigenvalue weighted by atomic mass is 16.6. The lowest BCUT2D eigenvalue weighted by atomic mass is 10.1. The van der Waals surface area contributed by atoms with Crippen LogP contribution in [0.5, 0.6) is 0 Å². The van der Waals surface area contributed by atoms with E-state index in [-0.39, 0.29) is 6.61 Å². The van der Waals surface area contributed by atoms with E-state index in [1.54, 1.807) is 24.3 Å². The average molecular weight is 334 g/mol. The van der Waals surface area contributed by atoms with Crippen LogP contribution in [0.3, 0.4) is 0 Å². The van der Waals surface area contributed by atoms with Gasteiger partial charge in [0.05, 0.1) is 13.2 Å². The van der Waals surface area contributed by atoms with Crippen LogP contribution < -0.4 is 0 Å². The van der Waals surface area contributed by atoms with E-state index in [0.29, 0.717) is 4.90 Å². The smallest absolute Gasteiger partial charge is 0.418 e. The summed E-state index contributed by atoms with van der Waals surface area (Å²) in [4.78, 5) is 49.7. The number of hydrogen-bond acceptors (Lipinski definition) is 6. The fraction of sp³-hybridized carbons (Fsp3) is 0.375. The first kappa shape index (κ1) is 17.5. The van der Waals surface area contributed by atoms with Gasteiger partial charge in [0.1, 0.15) is 6.61 Å². The molecule has 0 saturated carbocycles. The highest BCUT2D eigenvalue weighted by Crippen LogP contribution is 2.25. The molecule has 4 amide bonds. The van der Waals surface area contributed by atoms with Gasteiger partial charge < -0.3 is 9.47 Å². The van der Waals surface area contributed by atoms with Gasteiger partial charge in [-0.3, -0.25) is 4.79 Å². The van der Waals surface area contributed by atoms with Gasteiger partial charge in [0.2, 0.25) is 5.91 Å². The van der Waals surface area contributed by atoms with Crippen LogP contribution in [0, 0.1) is 0 Å². The summed E-state index contributed by atoms with van der Waals surface area (Å²) in [6.07, 6.45) is -0.922. The predicted molar refractivity (Wildman–Crippen MR) is 81.6 cm³/mol. The van der Waals surface area contributed by atoms with Gasteiger partial charge in [-0.1, -0.05) is 30.3 Å². The van der Waals surface area contributed by atoms with Gasteiger partial charge in [0.15, 0.2) is 6.04 Å². The minimum Gasteiger partial charge on any atom is -0.467 e. The first-order chi connectivity index (χ1) is 11.4. The second kappa shape index (κ2) is 7.12. The molecule has 0 bridgehead atoms. The van der Waals surface area contributed by atoms with E-state index in [1.807, 2.05) is 6.07 Å². The Morgan fingerprint density at radius 3 is 2.29 bits per heavy atom. The second-order valence-corrected chi connectivity index (χ2v) is 5.29. The van der Waals surface area contributed by atoms with Gasteiger partial charge >= 0.3 is 18.1 Å². The number of urea groups is 1. The number of carbonyl (C=O) groups excluding carboxylic acids is 4. The zero-order chi connectivity index (χ0) is 17.9. The third-order valence-electron chi connectivity index (χ3n) is 3.74. The molecule has 1 heterocycles. The number of esters is 1. The van der Waals surface area contributed by atoms with Gasteiger partial charge in [0, 0.05) is 6.92 Å². The van der Waals surface area contributed by atoms with Gasteiger partial charge in [-0.15, -0.1) is 0 Å². The quantitative estimate of drug-likeness (QED) is 0.778. The molecule has 1 aliphatic rings. The maximum absolute atomic E-state index is 12.4. The minimum absolute atomic E-state index is 0.0286. The van der Waals surface area contributed by atoms with Crippen molar-refractivity contribution in [1.82, 2.24) is 9.80 Å². The van der Waals surface area contributed by atoms with Crippen molar-refractivity contribution in [3.8, 4) is 0 Å². The summed E-state index contributed by atoms with van der Waals surface area (Å²) < 4.78 is 9.75. The van der Waals surface area contributed by atoms with E-state index < -0.39 is 36.1 Å². The molecule has 1 aromatic carbocycles. The molecule has 8 nitrogen and oxygen atoms in total. The zero-order valence-corrected chi connectivity index (χ0v) is 13.6. The van der Waals surface area contributed by atoms with Crippen molar-refractivity contribution in [2.24, 2.45) is 0 Å². The SMILES string of the molecule is COC(=O)[C@H]1[C@@H](C)N(C(=O)OCc2ccccc2)C(=O)N1C(C)=O. The highest BCUT2D eigenvalue weighted by Gasteiger charge is 2.53. The standard InChI is InChI=1S/C16H18N2O6/c1-10-13(14(20)23-3)18(11(2)19)15(21)17(10)16(22)24-9-12-7-5-4-6-8-12/h4-8,10,13H,9H2,1-3H3/t10-,13-/m1/s1. The molecule has 0 spiro atoms. The van der Waals surface area contributed by atoms with E-state index in [2.05, 4.69) is 4.74 Å². The number of carbonyl (C=O) groups is 4. The van der Waals surface area contributed by atoms with Crippen LogP contribution in [0.15, 0.2) is 30.3 Å². The fourth-order valence-corrected chi connectivity index (χ4v) is 2.55. The highest BCUT2D eigenvalue weighted by molar-refractivity contribution is 6.06. The van der Waals surface area contributed by atoms with Crippen LogP contribution in [0.25, 0.3) is 0 Å². The molecule has 1 aliphatic heterocycles. The normalized spacial score (nSPS) is 20.0. The molecule has 128 valence electrons. The molecule has 0 unspecified atom stereocenters. The number of imide groups is 2. The van der Waals surface area contributed by atoms with Gasteiger partial charge in [0.25, 0.3) is 0 Å². The van der Waals surface area contributed by atoms with E-state index in [4.69, 9.17) is 4.74 Å². The number of amides is 4. The van der Waals surface area contributed by atoms with Crippen LogP contribution in [0.1, 0.15) is 19.4 Å². The van der Waals surface area contributed by atoms with E-state index in [1.165, 1.54) is 6.92 Å². The molecule has 8 heteroatoms. The number of rotatable bonds is 3. The minimum atomic E-state index is -1.19. The Bertz CT molecular complexity index is 660. The van der Waals surface area contributed by atoms with Gasteiger partial charge in [-0.25, -0.2) is 24.2 Å². The molecule has 2 rings (SSSR count). The van der Waals surface area contributed by atoms with Crippen LogP contribution in [0.2, 0.25) is 0 Å². The maximum Gasteiger partial charge on any atom is 0.418 e. The summed E-state index contributed by atoms with van der Waals surface area (Å²) in [5, 5.41) is 0. The van der Waals surface area contributed by atoms with Crippen molar-refractivity contribution in [2.45, 2.75) is 32.5 Å². The molecule has 0 N–H and O–H groups in total. The largest absolute Gasteiger partial charge is 0.467 e. The van der Waals surface area contributed by atoms with Crippen LogP contribution in [-0.4, -0.2) is 53.0 Å². The first-order valence-electron chi connectivity index (χ1n) is 7.30. The third kappa shape index (κ3) is 3.22. The Balaban J connectivity index is 2.16. The van der Waals surface area contributed by atoms with Crippen molar-refractivity contribution in [3.05, 3.63) is 35.9 Å². The van der Waals surface area contributed by atoms with E-state index >= 15 is 0 Å². The summed E-state index contributed by atoms with van der Waals surface area (Å²) in [5.74, 6) is -1.43. The van der Waals surface area contributed by atoms with Crippen molar-refractivity contribution in [2.75, 3.05) is 7.11 Å². The van der Waals surface area contributed by atoms with Gasteiger partial charge in [-0.2, -0.15) is 0 Å². The zero-order valence-electron chi connectivity index (χ0n) is 13.6.